The van der Waals surface area contributed by atoms with Gasteiger partial charge in [0, 0.05) is 12.8 Å². The van der Waals surface area contributed by atoms with Gasteiger partial charge in [0.05, 0.1) is 39.0 Å². The Bertz CT molecular complexity index is 866. The summed E-state index contributed by atoms with van der Waals surface area (Å²) in [5.74, 6) is 0.593. The SMILES string of the molecule is CCCCCCCCCCCCCCCCCC(=O)C(C)C[N+](C)(CC[N+](C)(CC(C)O)CC(C)C(=O)CCCCCCCCCCCCCCCCC)CC(C)O. The van der Waals surface area contributed by atoms with Crippen LogP contribution >= 0.6 is 0 Å². The van der Waals surface area contributed by atoms with Crippen LogP contribution in [0.1, 0.15) is 247 Å². The van der Waals surface area contributed by atoms with Gasteiger partial charge in [0.1, 0.15) is 50.0 Å². The molecule has 0 aliphatic heterocycles. The first kappa shape index (κ1) is 57.2. The summed E-state index contributed by atoms with van der Waals surface area (Å²) in [5, 5.41) is 21.1. The summed E-state index contributed by atoms with van der Waals surface area (Å²) < 4.78 is 1.25. The third-order valence-corrected chi connectivity index (χ3v) is 13.2. The number of carbonyl (C=O) groups excluding carboxylic acids is 2. The topological polar surface area (TPSA) is 74.6 Å². The molecule has 0 heterocycles. The van der Waals surface area contributed by atoms with Gasteiger partial charge in [0.2, 0.25) is 0 Å². The quantitative estimate of drug-likeness (QED) is 0.0474. The minimum absolute atomic E-state index is 0.0543. The maximum absolute atomic E-state index is 13.3. The third-order valence-electron chi connectivity index (χ3n) is 13.2. The molecule has 0 saturated heterocycles. The van der Waals surface area contributed by atoms with E-state index in [1.165, 1.54) is 167 Å². The fourth-order valence-electron chi connectivity index (χ4n) is 9.63. The Morgan fingerprint density at radius 3 is 0.776 bits per heavy atom. The lowest BCUT2D eigenvalue weighted by Gasteiger charge is -2.42. The number of rotatable bonds is 45. The Morgan fingerprint density at radius 1 is 0.362 bits per heavy atom. The first-order valence-corrected chi connectivity index (χ1v) is 25.9. The van der Waals surface area contributed by atoms with Crippen molar-refractivity contribution >= 4 is 11.6 Å². The molecule has 2 N–H and O–H groups in total. The second-order valence-electron chi connectivity index (χ2n) is 20.2. The van der Waals surface area contributed by atoms with E-state index in [0.29, 0.717) is 59.6 Å². The Labute approximate surface area is 363 Å². The van der Waals surface area contributed by atoms with Crippen LogP contribution in [0.3, 0.4) is 0 Å². The molecular weight excluding hydrogens is 717 g/mol. The molecule has 0 saturated carbocycles. The van der Waals surface area contributed by atoms with Crippen molar-refractivity contribution in [2.24, 2.45) is 11.8 Å². The standard InChI is InChI=1S/C52H106N2O4/c1-9-11-13-15-17-19-21-23-25-27-29-31-33-35-37-39-51(57)47(3)43-53(7,45-49(5)55)41-42-54(8,46-50(6)56)44-48(4)52(58)40-38-36-34-32-30-28-26-24-22-20-18-16-14-12-10-2/h47-50,55-56H,9-46H2,1-8H3/q+2. The van der Waals surface area contributed by atoms with Crippen LogP contribution in [-0.2, 0) is 9.59 Å². The normalized spacial score (nSPS) is 16.1. The smallest absolute Gasteiger partial charge is 0.141 e. The van der Waals surface area contributed by atoms with Crippen molar-refractivity contribution < 1.29 is 28.8 Å². The van der Waals surface area contributed by atoms with Crippen LogP contribution in [0.5, 0.6) is 0 Å². The van der Waals surface area contributed by atoms with E-state index in [1.54, 1.807) is 0 Å². The van der Waals surface area contributed by atoms with Crippen LogP contribution in [0.25, 0.3) is 0 Å². The lowest BCUT2D eigenvalue weighted by Crippen LogP contribution is -2.60. The first-order chi connectivity index (χ1) is 27.8. The van der Waals surface area contributed by atoms with Crippen molar-refractivity contribution in [3.8, 4) is 0 Å². The summed E-state index contributed by atoms with van der Waals surface area (Å²) in [4.78, 5) is 26.6. The van der Waals surface area contributed by atoms with E-state index in [1.807, 2.05) is 13.8 Å². The van der Waals surface area contributed by atoms with Gasteiger partial charge in [-0.1, -0.05) is 207 Å². The lowest BCUT2D eigenvalue weighted by atomic mass is 9.97. The summed E-state index contributed by atoms with van der Waals surface area (Å²) in [6.07, 6.45) is 40.2. The van der Waals surface area contributed by atoms with E-state index in [0.717, 1.165) is 38.8 Å². The Kier molecular flexibility index (Phi) is 37.4. The molecule has 0 aromatic heterocycles. The van der Waals surface area contributed by atoms with Crippen molar-refractivity contribution in [1.82, 2.24) is 0 Å². The molecular formula is C52H106N2O4+2. The van der Waals surface area contributed by atoms with Crippen LogP contribution in [-0.4, -0.2) is 96.3 Å². The van der Waals surface area contributed by atoms with Gasteiger partial charge < -0.3 is 19.2 Å². The highest BCUT2D eigenvalue weighted by atomic mass is 16.3. The van der Waals surface area contributed by atoms with Gasteiger partial charge in [0.25, 0.3) is 0 Å². The van der Waals surface area contributed by atoms with E-state index in [4.69, 9.17) is 0 Å². The predicted molar refractivity (Wildman–Crippen MR) is 252 cm³/mol. The number of carbonyl (C=O) groups is 2. The number of hydrogen-bond acceptors (Lipinski definition) is 4. The molecule has 6 nitrogen and oxygen atoms in total. The first-order valence-electron chi connectivity index (χ1n) is 25.9. The molecule has 0 aromatic carbocycles. The molecule has 0 radical (unpaired) electrons. The number of aliphatic hydroxyl groups excluding tert-OH is 2. The molecule has 6 heteroatoms. The minimum Gasteiger partial charge on any atom is -0.388 e. The van der Waals surface area contributed by atoms with Crippen molar-refractivity contribution in [2.75, 3.05) is 53.4 Å². The number of ketones is 2. The molecule has 0 rings (SSSR count). The molecule has 0 fully saturated rings. The van der Waals surface area contributed by atoms with Gasteiger partial charge >= 0.3 is 0 Å². The van der Waals surface area contributed by atoms with Crippen LogP contribution < -0.4 is 0 Å². The van der Waals surface area contributed by atoms with Crippen molar-refractivity contribution in [3.05, 3.63) is 0 Å². The maximum atomic E-state index is 13.3. The summed E-state index contributed by atoms with van der Waals surface area (Å²) in [7, 11) is 4.36. The zero-order chi connectivity index (χ0) is 43.3. The summed E-state index contributed by atoms with van der Waals surface area (Å²) in [6.45, 7) is 16.6. The fourth-order valence-corrected chi connectivity index (χ4v) is 9.63. The number of hydrogen-bond donors (Lipinski definition) is 2. The number of Topliss-reactive ketones (excluding diaryl/α,β-unsaturated/α-hetero) is 2. The molecule has 6 atom stereocenters. The van der Waals surface area contributed by atoms with E-state index >= 15 is 0 Å². The van der Waals surface area contributed by atoms with Crippen LogP contribution in [0.4, 0.5) is 0 Å². The Hall–Kier alpha value is -0.820. The monoisotopic (exact) mass is 823 g/mol. The number of unbranched alkanes of at least 4 members (excludes halogenated alkanes) is 28. The molecule has 0 spiro atoms. The highest BCUT2D eigenvalue weighted by Crippen LogP contribution is 2.21. The maximum Gasteiger partial charge on any atom is 0.141 e. The van der Waals surface area contributed by atoms with E-state index in [9.17, 15) is 19.8 Å². The average Bonchev–Trinajstić information content (AvgIpc) is 3.16. The average molecular weight is 823 g/mol. The molecule has 0 amide bonds. The fraction of sp³-hybridized carbons (Fsp3) is 0.962. The predicted octanol–water partition coefficient (Wildman–Crippen LogP) is 13.6. The highest BCUT2D eigenvalue weighted by molar-refractivity contribution is 5.81. The number of likely N-dealkylation sites (N-methyl/N-ethyl adjacent to an activating group) is 2. The zero-order valence-corrected chi connectivity index (χ0v) is 40.8. The van der Waals surface area contributed by atoms with Crippen molar-refractivity contribution in [1.29, 1.82) is 0 Å². The second-order valence-corrected chi connectivity index (χ2v) is 20.2. The highest BCUT2D eigenvalue weighted by Gasteiger charge is 2.35. The van der Waals surface area contributed by atoms with Crippen molar-refractivity contribution in [2.45, 2.75) is 259 Å². The van der Waals surface area contributed by atoms with Crippen LogP contribution in [0.15, 0.2) is 0 Å². The largest absolute Gasteiger partial charge is 0.388 e. The molecule has 0 bridgehead atoms. The zero-order valence-electron chi connectivity index (χ0n) is 40.8. The second kappa shape index (κ2) is 37.9. The van der Waals surface area contributed by atoms with Gasteiger partial charge in [-0.3, -0.25) is 9.59 Å². The lowest BCUT2D eigenvalue weighted by molar-refractivity contribution is -0.967. The molecule has 0 aliphatic rings. The molecule has 0 aliphatic carbocycles. The van der Waals surface area contributed by atoms with E-state index < -0.39 is 12.2 Å². The van der Waals surface area contributed by atoms with Gasteiger partial charge in [-0.2, -0.15) is 0 Å². The van der Waals surface area contributed by atoms with Crippen LogP contribution in [0.2, 0.25) is 0 Å². The summed E-state index contributed by atoms with van der Waals surface area (Å²) in [6, 6.07) is 0. The molecule has 0 aromatic rings. The summed E-state index contributed by atoms with van der Waals surface area (Å²) in [5.41, 5.74) is 0. The Balaban J connectivity index is 4.54. The van der Waals surface area contributed by atoms with Gasteiger partial charge in [0.15, 0.2) is 0 Å². The van der Waals surface area contributed by atoms with Crippen molar-refractivity contribution in [3.63, 3.8) is 0 Å². The van der Waals surface area contributed by atoms with E-state index in [-0.39, 0.29) is 11.8 Å². The van der Waals surface area contributed by atoms with E-state index in [2.05, 4.69) is 41.8 Å². The third kappa shape index (κ3) is 34.8. The molecule has 58 heavy (non-hydrogen) atoms. The molecule has 6 unspecified atom stereocenters. The number of nitrogens with zero attached hydrogens (tertiary/aromatic N) is 2. The van der Waals surface area contributed by atoms with Crippen LogP contribution in [0, 0.1) is 11.8 Å². The summed E-state index contributed by atoms with van der Waals surface area (Å²) >= 11 is 0. The van der Waals surface area contributed by atoms with Gasteiger partial charge in [-0.25, -0.2) is 0 Å². The molecule has 346 valence electrons. The Morgan fingerprint density at radius 2 is 0.569 bits per heavy atom. The van der Waals surface area contributed by atoms with Gasteiger partial charge in [-0.15, -0.1) is 0 Å². The number of aliphatic hydroxyl groups is 2. The number of quaternary nitrogens is 2. The minimum atomic E-state index is -0.464. The van der Waals surface area contributed by atoms with Gasteiger partial charge in [-0.05, 0) is 26.7 Å².